The maximum absolute atomic E-state index is 10.7. The van der Waals surface area contributed by atoms with Crippen molar-refractivity contribution in [2.45, 2.75) is 51.0 Å². The lowest BCUT2D eigenvalue weighted by molar-refractivity contribution is 0.224. The zero-order chi connectivity index (χ0) is 13.5. The van der Waals surface area contributed by atoms with Crippen molar-refractivity contribution in [1.82, 2.24) is 0 Å². The molecule has 1 N–H and O–H groups in total. The van der Waals surface area contributed by atoms with Crippen molar-refractivity contribution in [3.63, 3.8) is 0 Å². The molecule has 20 heavy (non-hydrogen) atoms. The minimum Gasteiger partial charge on any atom is -0.383 e. The second-order valence-electron chi connectivity index (χ2n) is 6.09. The van der Waals surface area contributed by atoms with Gasteiger partial charge in [0.1, 0.15) is 6.10 Å². The summed E-state index contributed by atoms with van der Waals surface area (Å²) in [5.41, 5.74) is 5.48. The molecule has 1 heterocycles. The van der Waals surface area contributed by atoms with Gasteiger partial charge in [-0.1, -0.05) is 18.2 Å². The fraction of sp³-hybridized carbons (Fsp3) is 0.444. The number of aryl methyl sites for hydroxylation is 4. The zero-order valence-corrected chi connectivity index (χ0v) is 12.5. The number of rotatable bonds is 2. The van der Waals surface area contributed by atoms with Gasteiger partial charge in [-0.15, -0.1) is 11.3 Å². The first-order valence-corrected chi connectivity index (χ1v) is 8.54. The Morgan fingerprint density at radius 2 is 1.65 bits per heavy atom. The average molecular weight is 284 g/mol. The van der Waals surface area contributed by atoms with E-state index >= 15 is 0 Å². The van der Waals surface area contributed by atoms with Crippen LogP contribution in [0.3, 0.4) is 0 Å². The van der Waals surface area contributed by atoms with Gasteiger partial charge in [0.2, 0.25) is 0 Å². The summed E-state index contributed by atoms with van der Waals surface area (Å²) in [6, 6.07) is 8.81. The topological polar surface area (TPSA) is 20.2 Å². The molecular weight excluding hydrogens is 264 g/mol. The molecule has 0 aliphatic heterocycles. The van der Waals surface area contributed by atoms with Crippen molar-refractivity contribution >= 4 is 11.3 Å². The summed E-state index contributed by atoms with van der Waals surface area (Å²) in [6.45, 7) is 0. The summed E-state index contributed by atoms with van der Waals surface area (Å²) in [6.07, 6.45) is 8.23. The highest BCUT2D eigenvalue weighted by atomic mass is 32.1. The maximum Gasteiger partial charge on any atom is 0.113 e. The Morgan fingerprint density at radius 3 is 2.55 bits per heavy atom. The van der Waals surface area contributed by atoms with Crippen LogP contribution in [0.15, 0.2) is 24.3 Å². The molecule has 4 rings (SSSR count). The Bertz CT molecular complexity index is 617. The molecule has 0 spiro atoms. The number of thiophene rings is 1. The summed E-state index contributed by atoms with van der Waals surface area (Å²) in [7, 11) is 0. The lowest BCUT2D eigenvalue weighted by Gasteiger charge is -2.11. The van der Waals surface area contributed by atoms with Gasteiger partial charge < -0.3 is 5.11 Å². The number of aliphatic hydroxyl groups excluding tert-OH is 1. The average Bonchev–Trinajstić information content (AvgIpc) is 3.11. The summed E-state index contributed by atoms with van der Waals surface area (Å²) >= 11 is 1.82. The summed E-state index contributed by atoms with van der Waals surface area (Å²) in [5.74, 6) is 0. The second-order valence-corrected chi connectivity index (χ2v) is 7.26. The van der Waals surface area contributed by atoms with Gasteiger partial charge in [-0.05, 0) is 73.3 Å². The van der Waals surface area contributed by atoms with Gasteiger partial charge >= 0.3 is 0 Å². The Morgan fingerprint density at radius 1 is 0.850 bits per heavy atom. The van der Waals surface area contributed by atoms with E-state index in [0.717, 1.165) is 10.4 Å². The highest BCUT2D eigenvalue weighted by Crippen LogP contribution is 2.36. The third kappa shape index (κ3) is 2.11. The fourth-order valence-corrected chi connectivity index (χ4v) is 4.85. The highest BCUT2D eigenvalue weighted by molar-refractivity contribution is 7.12. The van der Waals surface area contributed by atoms with Crippen LogP contribution in [0.2, 0.25) is 0 Å². The van der Waals surface area contributed by atoms with E-state index in [2.05, 4.69) is 24.3 Å². The van der Waals surface area contributed by atoms with Gasteiger partial charge in [0.15, 0.2) is 0 Å². The van der Waals surface area contributed by atoms with Gasteiger partial charge in [-0.25, -0.2) is 0 Å². The van der Waals surface area contributed by atoms with E-state index in [4.69, 9.17) is 0 Å². The van der Waals surface area contributed by atoms with Crippen molar-refractivity contribution in [1.29, 1.82) is 0 Å². The van der Waals surface area contributed by atoms with Gasteiger partial charge in [0.05, 0.1) is 0 Å². The molecule has 2 heteroatoms. The molecule has 0 saturated heterocycles. The van der Waals surface area contributed by atoms with Crippen LogP contribution in [0.4, 0.5) is 0 Å². The van der Waals surface area contributed by atoms with E-state index in [-0.39, 0.29) is 0 Å². The molecule has 2 aliphatic rings. The molecule has 1 aromatic carbocycles. The first-order valence-electron chi connectivity index (χ1n) is 7.72. The van der Waals surface area contributed by atoms with Crippen LogP contribution < -0.4 is 0 Å². The molecule has 0 fully saturated rings. The van der Waals surface area contributed by atoms with Gasteiger partial charge in [-0.2, -0.15) is 0 Å². The first-order chi connectivity index (χ1) is 9.81. The maximum atomic E-state index is 10.7. The van der Waals surface area contributed by atoms with E-state index in [0.29, 0.717) is 0 Å². The normalized spacial score (nSPS) is 18.6. The number of hydrogen-bond donors (Lipinski definition) is 1. The van der Waals surface area contributed by atoms with Crippen molar-refractivity contribution in [3.8, 4) is 0 Å². The van der Waals surface area contributed by atoms with Crippen molar-refractivity contribution < 1.29 is 5.11 Å². The standard InChI is InChI=1S/C18H20OS/c19-18(15-9-8-12-5-3-6-13(12)10-15)17-11-14-4-1-2-7-16(14)20-17/h8-11,18-19H,1-7H2. The van der Waals surface area contributed by atoms with Crippen molar-refractivity contribution in [2.24, 2.45) is 0 Å². The van der Waals surface area contributed by atoms with Crippen LogP contribution in [0, 0.1) is 0 Å². The Labute approximate surface area is 124 Å². The minimum absolute atomic E-state index is 0.434. The van der Waals surface area contributed by atoms with E-state index in [1.165, 1.54) is 66.5 Å². The quantitative estimate of drug-likeness (QED) is 0.876. The van der Waals surface area contributed by atoms with E-state index < -0.39 is 6.10 Å². The number of hydrogen-bond acceptors (Lipinski definition) is 2. The second kappa shape index (κ2) is 5.01. The summed E-state index contributed by atoms with van der Waals surface area (Å²) in [5, 5.41) is 10.7. The van der Waals surface area contributed by atoms with Gasteiger partial charge in [0.25, 0.3) is 0 Å². The fourth-order valence-electron chi connectivity index (χ4n) is 3.57. The molecule has 104 valence electrons. The highest BCUT2D eigenvalue weighted by Gasteiger charge is 2.20. The predicted octanol–water partition coefficient (Wildman–Crippen LogP) is 4.20. The zero-order valence-electron chi connectivity index (χ0n) is 11.7. The lowest BCUT2D eigenvalue weighted by atomic mass is 9.97. The lowest BCUT2D eigenvalue weighted by Crippen LogP contribution is -1.98. The first kappa shape index (κ1) is 12.6. The Kier molecular flexibility index (Phi) is 3.16. The van der Waals surface area contributed by atoms with Crippen LogP contribution in [0.25, 0.3) is 0 Å². The number of benzene rings is 1. The molecule has 2 aromatic rings. The molecule has 0 amide bonds. The summed E-state index contributed by atoms with van der Waals surface area (Å²) in [4.78, 5) is 2.64. The van der Waals surface area contributed by atoms with E-state index in [1.54, 1.807) is 0 Å². The molecule has 1 unspecified atom stereocenters. The molecule has 2 aliphatic carbocycles. The van der Waals surface area contributed by atoms with E-state index in [1.807, 2.05) is 11.3 Å². The van der Waals surface area contributed by atoms with Crippen LogP contribution >= 0.6 is 11.3 Å². The molecule has 1 nitrogen and oxygen atoms in total. The Hall–Kier alpha value is -1.12. The summed E-state index contributed by atoms with van der Waals surface area (Å²) < 4.78 is 0. The van der Waals surface area contributed by atoms with Crippen molar-refractivity contribution in [3.05, 3.63) is 56.3 Å². The van der Waals surface area contributed by atoms with Crippen LogP contribution in [-0.2, 0) is 25.7 Å². The van der Waals surface area contributed by atoms with Crippen LogP contribution in [0.5, 0.6) is 0 Å². The molecule has 1 aromatic heterocycles. The van der Waals surface area contributed by atoms with Crippen LogP contribution in [0.1, 0.15) is 57.4 Å². The molecule has 1 atom stereocenters. The van der Waals surface area contributed by atoms with Crippen molar-refractivity contribution in [2.75, 3.05) is 0 Å². The van der Waals surface area contributed by atoms with Gasteiger partial charge in [0, 0.05) is 9.75 Å². The monoisotopic (exact) mass is 284 g/mol. The van der Waals surface area contributed by atoms with Crippen LogP contribution in [-0.4, -0.2) is 5.11 Å². The molecule has 0 bridgehead atoms. The largest absolute Gasteiger partial charge is 0.383 e. The molecule has 0 radical (unpaired) electrons. The smallest absolute Gasteiger partial charge is 0.113 e. The Balaban J connectivity index is 1.66. The predicted molar refractivity (Wildman–Crippen MR) is 83.5 cm³/mol. The minimum atomic E-state index is -0.434. The third-order valence-corrected chi connectivity index (χ3v) is 6.01. The van der Waals surface area contributed by atoms with E-state index in [9.17, 15) is 5.11 Å². The number of aliphatic hydroxyl groups is 1. The third-order valence-electron chi connectivity index (χ3n) is 4.72. The number of fused-ring (bicyclic) bond motifs is 2. The molecular formula is C18H20OS. The van der Waals surface area contributed by atoms with Gasteiger partial charge in [-0.3, -0.25) is 0 Å². The molecule has 0 saturated carbocycles. The SMILES string of the molecule is OC(c1ccc2c(c1)CCC2)c1cc2c(s1)CCCC2.